The molecule has 1 saturated heterocycles. The molecule has 13 nitrogen and oxygen atoms in total. The number of piperidine rings is 1. The minimum atomic E-state index is -2.74. The van der Waals surface area contributed by atoms with Crippen LogP contribution < -0.4 is 9.47 Å². The molecule has 4 aromatic rings. The van der Waals surface area contributed by atoms with Crippen molar-refractivity contribution >= 4 is 84.9 Å². The summed E-state index contributed by atoms with van der Waals surface area (Å²) >= 11 is 15.4. The van der Waals surface area contributed by atoms with Crippen molar-refractivity contribution in [3.63, 3.8) is 0 Å². The van der Waals surface area contributed by atoms with Gasteiger partial charge in [-0.2, -0.15) is 0 Å². The second-order valence-electron chi connectivity index (χ2n) is 14.2. The van der Waals surface area contributed by atoms with Gasteiger partial charge in [-0.15, -0.1) is 0 Å². The average molecular weight is 939 g/mol. The van der Waals surface area contributed by atoms with E-state index < -0.39 is 47.5 Å². The number of aliphatic carboxylic acids is 3. The molecule has 0 bridgehead atoms. The Labute approximate surface area is 364 Å². The molecule has 0 aromatic heterocycles. The summed E-state index contributed by atoms with van der Waals surface area (Å²) < 4.78 is 24.4. The quantitative estimate of drug-likeness (QED) is 0.0807. The molecule has 4 aromatic carbocycles. The number of ether oxygens (including phenoxy) is 2. The second-order valence-corrected chi connectivity index (χ2v) is 17.2. The number of benzene rings is 4. The molecule has 318 valence electrons. The fraction of sp³-hybridized carbons (Fsp3) is 0.381. The first kappa shape index (κ1) is 47.6. The maximum absolute atomic E-state index is 14.2. The van der Waals surface area contributed by atoms with Crippen LogP contribution in [0.4, 0.5) is 0 Å². The third-order valence-electron chi connectivity index (χ3n) is 10.3. The van der Waals surface area contributed by atoms with E-state index in [4.69, 9.17) is 53.1 Å². The fourth-order valence-electron chi connectivity index (χ4n) is 7.29. The number of carboxylic acid groups (broad SMARTS) is 3. The van der Waals surface area contributed by atoms with Gasteiger partial charge in [0.25, 0.3) is 5.91 Å². The van der Waals surface area contributed by atoms with Crippen LogP contribution in [0.1, 0.15) is 65.4 Å². The second kappa shape index (κ2) is 21.4. The van der Waals surface area contributed by atoms with Gasteiger partial charge in [-0.1, -0.05) is 71.7 Å². The Bertz CT molecular complexity index is 2130. The maximum atomic E-state index is 14.2. The number of halogens is 3. The Hall–Kier alpha value is -4.09. The fourth-order valence-corrected chi connectivity index (χ4v) is 9.17. The topological polar surface area (TPSA) is 197 Å². The number of carbonyl (C=O) groups is 4. The number of rotatable bonds is 16. The van der Waals surface area contributed by atoms with Gasteiger partial charge in [0, 0.05) is 35.8 Å². The molecule has 2 atom stereocenters. The molecule has 0 unspecified atom stereocenters. The monoisotopic (exact) mass is 936 g/mol. The first-order valence-electron chi connectivity index (χ1n) is 18.5. The SMILES string of the molecule is COc1c(Br)c(OC)c2ccccc2c1C(=O)N(C)C[C@@H](CCN1CCC(c2ccccc2[S@+](C)[O-])CC1)c1ccc(Cl)c(Cl)c1.O=C(O)CC(O)(CC(=O)O)C(=O)O. The molecule has 1 amide bonds. The van der Waals surface area contributed by atoms with Crippen molar-refractivity contribution in [2.45, 2.75) is 54.4 Å². The summed E-state index contributed by atoms with van der Waals surface area (Å²) in [5.74, 6) is -3.68. The molecule has 59 heavy (non-hydrogen) atoms. The zero-order valence-electron chi connectivity index (χ0n) is 33.0. The molecule has 4 N–H and O–H groups in total. The molecular formula is C42H47BrCl2N2O11S. The van der Waals surface area contributed by atoms with Gasteiger partial charge < -0.3 is 44.3 Å². The van der Waals surface area contributed by atoms with Crippen molar-refractivity contribution in [1.82, 2.24) is 9.80 Å². The van der Waals surface area contributed by atoms with E-state index in [-0.39, 0.29) is 11.8 Å². The van der Waals surface area contributed by atoms with Crippen molar-refractivity contribution < 1.29 is 53.6 Å². The highest BCUT2D eigenvalue weighted by atomic mass is 79.9. The first-order valence-corrected chi connectivity index (χ1v) is 21.6. The van der Waals surface area contributed by atoms with Crippen LogP contribution in [0.15, 0.2) is 76.1 Å². The Balaban J connectivity index is 0.000000509. The third kappa shape index (κ3) is 12.0. The number of methoxy groups -OCH3 is 2. The minimum Gasteiger partial charge on any atom is -0.612 e. The van der Waals surface area contributed by atoms with Crippen LogP contribution in [-0.2, 0) is 25.6 Å². The van der Waals surface area contributed by atoms with Crippen LogP contribution in [0.5, 0.6) is 11.5 Å². The Morgan fingerprint density at radius 3 is 2.03 bits per heavy atom. The number of fused-ring (bicyclic) bond motifs is 1. The molecule has 0 aliphatic carbocycles. The Morgan fingerprint density at radius 1 is 0.915 bits per heavy atom. The van der Waals surface area contributed by atoms with Crippen LogP contribution in [0.3, 0.4) is 0 Å². The molecule has 0 radical (unpaired) electrons. The number of carbonyl (C=O) groups excluding carboxylic acids is 1. The summed E-state index contributed by atoms with van der Waals surface area (Å²) in [7, 11) is 5.00. The summed E-state index contributed by atoms with van der Waals surface area (Å²) in [6.07, 6.45) is 2.33. The highest BCUT2D eigenvalue weighted by molar-refractivity contribution is 9.10. The average Bonchev–Trinajstić information content (AvgIpc) is 3.19. The first-order chi connectivity index (χ1) is 27.9. The van der Waals surface area contributed by atoms with Gasteiger partial charge in [-0.3, -0.25) is 14.4 Å². The highest BCUT2D eigenvalue weighted by Gasteiger charge is 2.41. The van der Waals surface area contributed by atoms with Crippen molar-refractivity contribution in [1.29, 1.82) is 0 Å². The number of carboxylic acids is 3. The molecule has 1 fully saturated rings. The van der Waals surface area contributed by atoms with E-state index in [1.807, 2.05) is 67.7 Å². The van der Waals surface area contributed by atoms with Gasteiger partial charge in [0.1, 0.15) is 22.2 Å². The van der Waals surface area contributed by atoms with Gasteiger partial charge in [-0.05, 0) is 95.7 Å². The maximum Gasteiger partial charge on any atom is 0.336 e. The minimum absolute atomic E-state index is 0.0172. The molecule has 1 aliphatic rings. The lowest BCUT2D eigenvalue weighted by atomic mass is 9.88. The van der Waals surface area contributed by atoms with E-state index in [1.54, 1.807) is 25.4 Å². The lowest BCUT2D eigenvalue weighted by Gasteiger charge is -2.34. The van der Waals surface area contributed by atoms with Crippen LogP contribution in [0.2, 0.25) is 10.0 Å². The number of nitrogens with zero attached hydrogens (tertiary/aromatic N) is 2. The molecule has 1 aliphatic heterocycles. The van der Waals surface area contributed by atoms with Crippen LogP contribution in [0.25, 0.3) is 10.8 Å². The molecule has 0 spiro atoms. The van der Waals surface area contributed by atoms with Gasteiger partial charge in [0.15, 0.2) is 10.5 Å². The lowest BCUT2D eigenvalue weighted by Crippen LogP contribution is -2.42. The summed E-state index contributed by atoms with van der Waals surface area (Å²) in [6.45, 7) is 3.27. The van der Waals surface area contributed by atoms with Crippen LogP contribution in [0, 0.1) is 0 Å². The van der Waals surface area contributed by atoms with Crippen LogP contribution in [-0.4, -0.2) is 118 Å². The predicted molar refractivity (Wildman–Crippen MR) is 230 cm³/mol. The molecule has 5 rings (SSSR count). The number of likely N-dealkylation sites (tertiary alicyclic amines) is 1. The lowest BCUT2D eigenvalue weighted by molar-refractivity contribution is -0.170. The van der Waals surface area contributed by atoms with E-state index in [9.17, 15) is 23.7 Å². The summed E-state index contributed by atoms with van der Waals surface area (Å²) in [5.41, 5.74) is -0.00465. The van der Waals surface area contributed by atoms with Crippen molar-refractivity contribution in [2.24, 2.45) is 0 Å². The number of hydrogen-bond acceptors (Lipinski definition) is 9. The number of likely N-dealkylation sites (N-methyl/N-ethyl adjacent to an activating group) is 1. The molecule has 1 heterocycles. The largest absolute Gasteiger partial charge is 0.612 e. The van der Waals surface area contributed by atoms with E-state index in [1.165, 1.54) is 5.56 Å². The predicted octanol–water partition coefficient (Wildman–Crippen LogP) is 7.54. The molecular weight excluding hydrogens is 891 g/mol. The van der Waals surface area contributed by atoms with Gasteiger partial charge in [-0.25, -0.2) is 4.79 Å². The summed E-state index contributed by atoms with van der Waals surface area (Å²) in [5, 5.41) is 36.4. The van der Waals surface area contributed by atoms with E-state index >= 15 is 0 Å². The Kier molecular flexibility index (Phi) is 17.3. The Morgan fingerprint density at radius 2 is 1.49 bits per heavy atom. The summed E-state index contributed by atoms with van der Waals surface area (Å²) in [6, 6.07) is 21.6. The normalized spacial score (nSPS) is 14.5. The third-order valence-corrected chi connectivity index (χ3v) is 12.7. The standard InChI is InChI=1S/C36H39BrCl2N2O4S.C6H8O7/c1-40(36(42)32-27-10-5-6-11-28(27)34(44-2)33(37)35(32)45-3)22-25(24-13-14-29(38)30(39)21-24)17-20-41-18-15-23(16-19-41)26-9-7-8-12-31(26)46(4)43;7-3(8)1-6(13,5(11)12)2-4(9)10/h5-14,21,23,25H,15-20,22H2,1-4H3;13H,1-2H2,(H,7,8)(H,9,10)(H,11,12)/t25-,46+;/m1./s1. The molecule has 0 saturated carbocycles. The number of amides is 1. The summed E-state index contributed by atoms with van der Waals surface area (Å²) in [4.78, 5) is 49.9. The number of aliphatic hydroxyl groups is 1. The van der Waals surface area contributed by atoms with Crippen molar-refractivity contribution in [3.8, 4) is 11.5 Å². The van der Waals surface area contributed by atoms with Gasteiger partial charge in [0.2, 0.25) is 0 Å². The highest BCUT2D eigenvalue weighted by Crippen LogP contribution is 2.45. The van der Waals surface area contributed by atoms with E-state index in [0.717, 1.165) is 60.1 Å². The van der Waals surface area contributed by atoms with E-state index in [2.05, 4.69) is 26.9 Å². The van der Waals surface area contributed by atoms with Crippen molar-refractivity contribution in [3.05, 3.63) is 97.9 Å². The smallest absolute Gasteiger partial charge is 0.336 e. The number of hydrogen-bond donors (Lipinski definition) is 4. The van der Waals surface area contributed by atoms with Gasteiger partial charge in [0.05, 0.1) is 42.7 Å². The van der Waals surface area contributed by atoms with Crippen molar-refractivity contribution in [2.75, 3.05) is 53.7 Å². The van der Waals surface area contributed by atoms with Gasteiger partial charge >= 0.3 is 17.9 Å². The van der Waals surface area contributed by atoms with E-state index in [0.29, 0.717) is 44.0 Å². The molecule has 17 heteroatoms. The zero-order chi connectivity index (χ0) is 43.6. The zero-order valence-corrected chi connectivity index (χ0v) is 36.9. The van der Waals surface area contributed by atoms with Crippen LogP contribution >= 0.6 is 39.1 Å².